The Morgan fingerprint density at radius 1 is 0.900 bits per heavy atom. The normalized spacial score (nSPS) is 17.1. The summed E-state index contributed by atoms with van der Waals surface area (Å²) < 4.78 is 0. The quantitative estimate of drug-likeness (QED) is 0.223. The average molecular weight is 561 g/mol. The first-order valence-electron chi connectivity index (χ1n) is 13.5. The van der Waals surface area contributed by atoms with E-state index in [-0.39, 0.29) is 25.3 Å². The summed E-state index contributed by atoms with van der Waals surface area (Å²) in [5.74, 6) is -5.56. The van der Waals surface area contributed by atoms with E-state index in [0.29, 0.717) is 12.8 Å². The topological polar surface area (TPSA) is 182 Å². The fraction of sp³-hybridized carbons (Fsp3) is 0.571. The van der Waals surface area contributed by atoms with E-state index >= 15 is 0 Å². The van der Waals surface area contributed by atoms with Crippen molar-refractivity contribution in [2.24, 2.45) is 11.8 Å². The molecule has 1 saturated heterocycles. The largest absolute Gasteiger partial charge is 0.481 e. The van der Waals surface area contributed by atoms with E-state index in [9.17, 15) is 39.0 Å². The molecule has 1 aliphatic rings. The first-order valence-corrected chi connectivity index (χ1v) is 13.5. The summed E-state index contributed by atoms with van der Waals surface area (Å²) in [4.78, 5) is 76.6. The lowest BCUT2D eigenvalue weighted by atomic mass is 10.00. The van der Waals surface area contributed by atoms with Gasteiger partial charge < -0.3 is 31.1 Å². The summed E-state index contributed by atoms with van der Waals surface area (Å²) in [7, 11) is 0. The fourth-order valence-electron chi connectivity index (χ4n) is 4.62. The van der Waals surface area contributed by atoms with Crippen LogP contribution in [-0.4, -0.2) is 81.4 Å². The summed E-state index contributed by atoms with van der Waals surface area (Å²) in [5, 5.41) is 26.5. The van der Waals surface area contributed by atoms with Gasteiger partial charge in [0, 0.05) is 6.54 Å². The minimum atomic E-state index is -1.53. The summed E-state index contributed by atoms with van der Waals surface area (Å²) in [6.07, 6.45) is 0.321. The van der Waals surface area contributed by atoms with Crippen molar-refractivity contribution in [2.75, 3.05) is 6.54 Å². The van der Waals surface area contributed by atoms with Crippen LogP contribution in [-0.2, 0) is 35.2 Å². The Kier molecular flexibility index (Phi) is 12.1. The molecule has 4 amide bonds. The third-order valence-electron chi connectivity index (χ3n) is 6.63. The molecule has 2 rings (SSSR count). The number of amides is 4. The highest BCUT2D eigenvalue weighted by Crippen LogP contribution is 2.20. The standard InChI is InChI=1S/C28H40N4O8/c1-16(2)13-19(29-22(33)14-18-9-6-5-7-10-18)25(36)30-20(15-23(34)35)26(37)31-24(17(3)4)27(38)32-12-8-11-21(32)28(39)40/h5-7,9-10,16-17,19-21,24H,8,11-15H2,1-4H3,(H,29,33)(H,30,36)(H,31,37)(H,34,35)(H,39,40)/t19-,20-,21-,24-/m0/s1. The molecule has 1 heterocycles. The van der Waals surface area contributed by atoms with Crippen LogP contribution in [0.5, 0.6) is 0 Å². The van der Waals surface area contributed by atoms with Crippen LogP contribution in [0.15, 0.2) is 30.3 Å². The molecule has 40 heavy (non-hydrogen) atoms. The number of nitrogens with one attached hydrogen (secondary N) is 3. The monoisotopic (exact) mass is 560 g/mol. The minimum Gasteiger partial charge on any atom is -0.481 e. The molecule has 12 heteroatoms. The van der Waals surface area contributed by atoms with E-state index in [1.807, 2.05) is 19.9 Å². The molecule has 5 N–H and O–H groups in total. The van der Waals surface area contributed by atoms with Gasteiger partial charge in [0.15, 0.2) is 0 Å². The average Bonchev–Trinajstić information content (AvgIpc) is 3.36. The van der Waals surface area contributed by atoms with Gasteiger partial charge >= 0.3 is 11.9 Å². The van der Waals surface area contributed by atoms with Gasteiger partial charge in [0.1, 0.15) is 24.2 Å². The van der Waals surface area contributed by atoms with Gasteiger partial charge in [-0.25, -0.2) is 4.79 Å². The van der Waals surface area contributed by atoms with Crippen LogP contribution in [0.3, 0.4) is 0 Å². The van der Waals surface area contributed by atoms with Crippen molar-refractivity contribution >= 4 is 35.6 Å². The Hall–Kier alpha value is -3.96. The van der Waals surface area contributed by atoms with Crippen LogP contribution in [0, 0.1) is 11.8 Å². The Morgan fingerprint density at radius 2 is 1.52 bits per heavy atom. The van der Waals surface area contributed by atoms with E-state index < -0.39 is 72.1 Å². The van der Waals surface area contributed by atoms with Gasteiger partial charge in [0.25, 0.3) is 0 Å². The maximum absolute atomic E-state index is 13.2. The maximum Gasteiger partial charge on any atom is 0.326 e. The fourth-order valence-corrected chi connectivity index (χ4v) is 4.62. The van der Waals surface area contributed by atoms with Gasteiger partial charge in [-0.1, -0.05) is 58.0 Å². The minimum absolute atomic E-state index is 0.00916. The summed E-state index contributed by atoms with van der Waals surface area (Å²) in [6.45, 7) is 7.27. The number of carboxylic acids is 2. The van der Waals surface area contributed by atoms with E-state index in [0.717, 1.165) is 5.56 Å². The highest BCUT2D eigenvalue weighted by Gasteiger charge is 2.39. The summed E-state index contributed by atoms with van der Waals surface area (Å²) in [5.41, 5.74) is 0.749. The van der Waals surface area contributed by atoms with Crippen LogP contribution in [0.2, 0.25) is 0 Å². The van der Waals surface area contributed by atoms with Crippen molar-refractivity contribution in [3.63, 3.8) is 0 Å². The smallest absolute Gasteiger partial charge is 0.326 e. The van der Waals surface area contributed by atoms with Gasteiger partial charge in [0.05, 0.1) is 12.8 Å². The Bertz CT molecular complexity index is 1080. The molecule has 0 aromatic heterocycles. The predicted octanol–water partition coefficient (Wildman–Crippen LogP) is 0.936. The molecule has 220 valence electrons. The highest BCUT2D eigenvalue weighted by molar-refractivity contribution is 5.96. The van der Waals surface area contributed by atoms with Gasteiger partial charge in [-0.2, -0.15) is 0 Å². The van der Waals surface area contributed by atoms with Crippen molar-refractivity contribution in [3.8, 4) is 0 Å². The van der Waals surface area contributed by atoms with Gasteiger partial charge in [0.2, 0.25) is 23.6 Å². The maximum atomic E-state index is 13.2. The molecule has 1 fully saturated rings. The van der Waals surface area contributed by atoms with Crippen molar-refractivity contribution < 1.29 is 39.0 Å². The van der Waals surface area contributed by atoms with Gasteiger partial charge in [-0.15, -0.1) is 0 Å². The van der Waals surface area contributed by atoms with Crippen LogP contribution in [0.4, 0.5) is 0 Å². The number of carbonyl (C=O) groups is 6. The SMILES string of the molecule is CC(C)C[C@H](NC(=O)Cc1ccccc1)C(=O)N[C@@H](CC(=O)O)C(=O)N[C@H](C(=O)N1CCC[C@H]1C(=O)O)C(C)C. The predicted molar refractivity (Wildman–Crippen MR) is 145 cm³/mol. The molecule has 1 aliphatic heterocycles. The van der Waals surface area contributed by atoms with Crippen molar-refractivity contribution in [1.82, 2.24) is 20.9 Å². The molecule has 4 atom stereocenters. The molecule has 0 aliphatic carbocycles. The number of carboxylic acid groups (broad SMARTS) is 2. The zero-order valence-electron chi connectivity index (χ0n) is 23.4. The van der Waals surface area contributed by atoms with Crippen molar-refractivity contribution in [3.05, 3.63) is 35.9 Å². The molecule has 0 unspecified atom stereocenters. The van der Waals surface area contributed by atoms with Crippen LogP contribution in [0.1, 0.15) is 58.9 Å². The number of hydrogen-bond acceptors (Lipinski definition) is 6. The number of benzene rings is 1. The molecule has 0 saturated carbocycles. The number of rotatable bonds is 14. The lowest BCUT2D eigenvalue weighted by Gasteiger charge is -2.30. The number of likely N-dealkylation sites (tertiary alicyclic amines) is 1. The molecule has 0 bridgehead atoms. The second-order valence-electron chi connectivity index (χ2n) is 10.8. The molecule has 1 aromatic carbocycles. The molecule has 12 nitrogen and oxygen atoms in total. The summed E-state index contributed by atoms with van der Waals surface area (Å²) in [6, 6.07) is 4.26. The van der Waals surface area contributed by atoms with E-state index in [4.69, 9.17) is 0 Å². The first kappa shape index (κ1) is 32.3. The Balaban J connectivity index is 2.17. The van der Waals surface area contributed by atoms with Crippen LogP contribution in [0.25, 0.3) is 0 Å². The molecule has 0 radical (unpaired) electrons. The first-order chi connectivity index (χ1) is 18.8. The van der Waals surface area contributed by atoms with Crippen molar-refractivity contribution in [2.45, 2.75) is 84.0 Å². The number of nitrogens with zero attached hydrogens (tertiary/aromatic N) is 1. The molecule has 1 aromatic rings. The van der Waals surface area contributed by atoms with Crippen molar-refractivity contribution in [1.29, 1.82) is 0 Å². The number of carbonyl (C=O) groups excluding carboxylic acids is 4. The number of aliphatic carboxylic acids is 2. The molecular weight excluding hydrogens is 520 g/mol. The second-order valence-corrected chi connectivity index (χ2v) is 10.8. The zero-order valence-corrected chi connectivity index (χ0v) is 23.4. The van der Waals surface area contributed by atoms with Crippen LogP contribution >= 0.6 is 0 Å². The van der Waals surface area contributed by atoms with E-state index in [1.54, 1.807) is 38.1 Å². The number of hydrogen-bond donors (Lipinski definition) is 5. The summed E-state index contributed by atoms with van der Waals surface area (Å²) >= 11 is 0. The highest BCUT2D eigenvalue weighted by atomic mass is 16.4. The Labute approximate surface area is 233 Å². The second kappa shape index (κ2) is 15.0. The van der Waals surface area contributed by atoms with E-state index in [2.05, 4.69) is 16.0 Å². The lowest BCUT2D eigenvalue weighted by molar-refractivity contribution is -0.150. The van der Waals surface area contributed by atoms with Crippen LogP contribution < -0.4 is 16.0 Å². The molecular formula is C28H40N4O8. The Morgan fingerprint density at radius 3 is 2.08 bits per heavy atom. The lowest BCUT2D eigenvalue weighted by Crippen LogP contribution is -2.59. The molecule has 0 spiro atoms. The third-order valence-corrected chi connectivity index (χ3v) is 6.63. The van der Waals surface area contributed by atoms with Gasteiger partial charge in [-0.3, -0.25) is 24.0 Å². The van der Waals surface area contributed by atoms with Gasteiger partial charge in [-0.05, 0) is 36.7 Å². The van der Waals surface area contributed by atoms with E-state index in [1.165, 1.54) is 4.90 Å². The zero-order chi connectivity index (χ0) is 30.0. The third kappa shape index (κ3) is 9.65.